The lowest BCUT2D eigenvalue weighted by molar-refractivity contribution is 0.302. The number of hydrogen-bond acceptors (Lipinski definition) is 3. The Morgan fingerprint density at radius 1 is 1.41 bits per heavy atom. The number of rotatable bonds is 4. The Balaban J connectivity index is 2.08. The zero-order valence-electron chi connectivity index (χ0n) is 9.85. The number of pyridine rings is 1. The highest BCUT2D eigenvalue weighted by Crippen LogP contribution is 2.19. The highest BCUT2D eigenvalue weighted by Gasteiger charge is 2.05. The quantitative estimate of drug-likeness (QED) is 0.784. The molecule has 2 aromatic rings. The second kappa shape index (κ2) is 5.19. The van der Waals surface area contributed by atoms with Crippen LogP contribution in [0.2, 0.25) is 0 Å². The summed E-state index contributed by atoms with van der Waals surface area (Å²) in [6.07, 6.45) is 3.70. The Labute approximate surface area is 105 Å². The van der Waals surface area contributed by atoms with Gasteiger partial charge in [0.2, 0.25) is 0 Å². The van der Waals surface area contributed by atoms with E-state index in [0.717, 1.165) is 22.7 Å². The van der Waals surface area contributed by atoms with Crippen LogP contribution < -0.4 is 4.74 Å². The summed E-state index contributed by atoms with van der Waals surface area (Å²) >= 11 is 5.83. The highest BCUT2D eigenvalue weighted by molar-refractivity contribution is 6.17. The zero-order chi connectivity index (χ0) is 12.3. The molecule has 0 amide bonds. The third-order valence-corrected chi connectivity index (χ3v) is 2.60. The first kappa shape index (κ1) is 11.9. The molecule has 0 aliphatic heterocycles. The highest BCUT2D eigenvalue weighted by atomic mass is 35.5. The maximum atomic E-state index is 5.83. The van der Waals surface area contributed by atoms with E-state index in [1.54, 1.807) is 10.9 Å². The van der Waals surface area contributed by atoms with Crippen molar-refractivity contribution in [3.8, 4) is 5.75 Å². The molecule has 0 N–H and O–H groups in total. The first-order valence-corrected chi connectivity index (χ1v) is 5.85. The van der Waals surface area contributed by atoms with Gasteiger partial charge in [-0.2, -0.15) is 5.10 Å². The Hall–Kier alpha value is -1.55. The SMILES string of the molecule is Cc1ccc(OCc2cnn(C)c2)c(CCl)n1. The summed E-state index contributed by atoms with van der Waals surface area (Å²) in [7, 11) is 1.88. The van der Waals surface area contributed by atoms with Gasteiger partial charge in [0.05, 0.1) is 17.8 Å². The topological polar surface area (TPSA) is 39.9 Å². The van der Waals surface area contributed by atoms with Crippen LogP contribution in [0.4, 0.5) is 0 Å². The molecule has 0 aromatic carbocycles. The van der Waals surface area contributed by atoms with E-state index >= 15 is 0 Å². The second-order valence-electron chi connectivity index (χ2n) is 3.84. The fraction of sp³-hybridized carbons (Fsp3) is 0.333. The molecule has 90 valence electrons. The molecule has 0 bridgehead atoms. The minimum Gasteiger partial charge on any atom is -0.487 e. The fourth-order valence-corrected chi connectivity index (χ4v) is 1.72. The molecule has 2 heterocycles. The number of alkyl halides is 1. The first-order valence-electron chi connectivity index (χ1n) is 5.32. The summed E-state index contributed by atoms with van der Waals surface area (Å²) in [6, 6.07) is 3.81. The van der Waals surface area contributed by atoms with Gasteiger partial charge in [-0.25, -0.2) is 0 Å². The van der Waals surface area contributed by atoms with Gasteiger partial charge in [-0.05, 0) is 19.1 Å². The standard InChI is InChI=1S/C12H14ClN3O/c1-9-3-4-12(11(5-13)15-9)17-8-10-6-14-16(2)7-10/h3-4,6-7H,5,8H2,1-2H3. The molecule has 0 saturated carbocycles. The number of halogens is 1. The van der Waals surface area contributed by atoms with Crippen LogP contribution in [0, 0.1) is 6.92 Å². The predicted molar refractivity (Wildman–Crippen MR) is 66.1 cm³/mol. The molecular formula is C12H14ClN3O. The number of nitrogens with zero attached hydrogens (tertiary/aromatic N) is 3. The first-order chi connectivity index (χ1) is 8.19. The van der Waals surface area contributed by atoms with Gasteiger partial charge in [-0.15, -0.1) is 11.6 Å². The van der Waals surface area contributed by atoms with Gasteiger partial charge in [0, 0.05) is 24.5 Å². The minimum absolute atomic E-state index is 0.351. The van der Waals surface area contributed by atoms with E-state index in [1.807, 2.05) is 32.3 Å². The zero-order valence-corrected chi connectivity index (χ0v) is 10.6. The molecule has 2 rings (SSSR count). The van der Waals surface area contributed by atoms with Crippen molar-refractivity contribution in [1.29, 1.82) is 0 Å². The van der Waals surface area contributed by atoms with Crippen LogP contribution in [0.1, 0.15) is 17.0 Å². The summed E-state index contributed by atoms with van der Waals surface area (Å²) in [5.74, 6) is 1.08. The van der Waals surface area contributed by atoms with Crippen molar-refractivity contribution in [1.82, 2.24) is 14.8 Å². The van der Waals surface area contributed by atoms with Gasteiger partial charge in [0.25, 0.3) is 0 Å². The Morgan fingerprint density at radius 3 is 2.88 bits per heavy atom. The van der Waals surface area contributed by atoms with Gasteiger partial charge in [-0.3, -0.25) is 9.67 Å². The summed E-state index contributed by atoms with van der Waals surface area (Å²) in [5, 5.41) is 4.08. The van der Waals surface area contributed by atoms with Gasteiger partial charge in [0.15, 0.2) is 0 Å². The Kier molecular flexibility index (Phi) is 3.64. The normalized spacial score (nSPS) is 10.5. The Morgan fingerprint density at radius 2 is 2.24 bits per heavy atom. The van der Waals surface area contributed by atoms with Crippen LogP contribution in [-0.2, 0) is 19.5 Å². The van der Waals surface area contributed by atoms with E-state index in [0.29, 0.717) is 12.5 Å². The van der Waals surface area contributed by atoms with E-state index in [1.165, 1.54) is 0 Å². The van der Waals surface area contributed by atoms with Crippen molar-refractivity contribution in [2.45, 2.75) is 19.4 Å². The van der Waals surface area contributed by atoms with Crippen molar-refractivity contribution in [2.24, 2.45) is 7.05 Å². The smallest absolute Gasteiger partial charge is 0.142 e. The average Bonchev–Trinajstić information content (AvgIpc) is 2.73. The van der Waals surface area contributed by atoms with Crippen molar-refractivity contribution in [3.05, 3.63) is 41.5 Å². The fourth-order valence-electron chi connectivity index (χ4n) is 1.53. The molecule has 0 atom stereocenters. The van der Waals surface area contributed by atoms with E-state index in [9.17, 15) is 0 Å². The molecule has 0 spiro atoms. The third-order valence-electron chi connectivity index (χ3n) is 2.35. The van der Waals surface area contributed by atoms with Crippen molar-refractivity contribution >= 4 is 11.6 Å². The molecule has 0 saturated heterocycles. The lowest BCUT2D eigenvalue weighted by Gasteiger charge is -2.08. The number of ether oxygens (including phenoxy) is 1. The molecule has 4 nitrogen and oxygen atoms in total. The lowest BCUT2D eigenvalue weighted by atomic mass is 10.3. The molecule has 0 fully saturated rings. The van der Waals surface area contributed by atoms with Crippen molar-refractivity contribution in [2.75, 3.05) is 0 Å². The van der Waals surface area contributed by atoms with E-state index in [2.05, 4.69) is 10.1 Å². The van der Waals surface area contributed by atoms with Crippen LogP contribution in [0.15, 0.2) is 24.5 Å². The number of aromatic nitrogens is 3. The average molecular weight is 252 g/mol. The summed E-state index contributed by atoms with van der Waals surface area (Å²) in [4.78, 5) is 4.33. The minimum atomic E-state index is 0.351. The number of hydrogen-bond donors (Lipinski definition) is 0. The van der Waals surface area contributed by atoms with Crippen LogP contribution in [0.5, 0.6) is 5.75 Å². The van der Waals surface area contributed by atoms with E-state index in [-0.39, 0.29) is 0 Å². The van der Waals surface area contributed by atoms with Gasteiger partial charge in [-0.1, -0.05) is 0 Å². The van der Waals surface area contributed by atoms with Gasteiger partial charge in [0.1, 0.15) is 12.4 Å². The summed E-state index contributed by atoms with van der Waals surface area (Å²) in [6.45, 7) is 2.41. The van der Waals surface area contributed by atoms with Crippen LogP contribution in [0.25, 0.3) is 0 Å². The predicted octanol–water partition coefficient (Wildman–Crippen LogP) is 2.44. The lowest BCUT2D eigenvalue weighted by Crippen LogP contribution is -1.99. The maximum absolute atomic E-state index is 5.83. The molecule has 0 aliphatic rings. The van der Waals surface area contributed by atoms with Crippen molar-refractivity contribution < 1.29 is 4.74 Å². The molecule has 0 aliphatic carbocycles. The van der Waals surface area contributed by atoms with Crippen LogP contribution in [-0.4, -0.2) is 14.8 Å². The summed E-state index contributed by atoms with van der Waals surface area (Å²) < 4.78 is 7.43. The molecule has 5 heteroatoms. The molecule has 2 aromatic heterocycles. The summed E-state index contributed by atoms with van der Waals surface area (Å²) in [5.41, 5.74) is 2.73. The molecular weight excluding hydrogens is 238 g/mol. The second-order valence-corrected chi connectivity index (χ2v) is 4.11. The van der Waals surface area contributed by atoms with E-state index in [4.69, 9.17) is 16.3 Å². The molecule has 0 radical (unpaired) electrons. The monoisotopic (exact) mass is 251 g/mol. The van der Waals surface area contributed by atoms with Crippen molar-refractivity contribution in [3.63, 3.8) is 0 Å². The van der Waals surface area contributed by atoms with Crippen LogP contribution in [0.3, 0.4) is 0 Å². The molecule has 0 unspecified atom stereocenters. The molecule has 17 heavy (non-hydrogen) atoms. The Bertz CT molecular complexity index is 510. The van der Waals surface area contributed by atoms with Gasteiger partial charge < -0.3 is 4.74 Å². The van der Waals surface area contributed by atoms with E-state index < -0.39 is 0 Å². The van der Waals surface area contributed by atoms with Crippen LogP contribution >= 0.6 is 11.6 Å². The number of aryl methyl sites for hydroxylation is 2. The van der Waals surface area contributed by atoms with Gasteiger partial charge >= 0.3 is 0 Å². The maximum Gasteiger partial charge on any atom is 0.142 e. The largest absolute Gasteiger partial charge is 0.487 e. The third kappa shape index (κ3) is 2.97.